The SMILES string of the molecule is COCCOCC(=O)Nc1nc2cc(Cl)ccc2s1. The summed E-state index contributed by atoms with van der Waals surface area (Å²) in [5.41, 5.74) is 0.771. The predicted octanol–water partition coefficient (Wildman–Crippen LogP) is 2.55. The van der Waals surface area contributed by atoms with E-state index >= 15 is 0 Å². The van der Waals surface area contributed by atoms with Gasteiger partial charge in [0.25, 0.3) is 5.91 Å². The van der Waals surface area contributed by atoms with Gasteiger partial charge in [0.15, 0.2) is 5.13 Å². The van der Waals surface area contributed by atoms with Gasteiger partial charge in [-0.05, 0) is 18.2 Å². The van der Waals surface area contributed by atoms with Crippen LogP contribution in [0.1, 0.15) is 0 Å². The number of anilines is 1. The van der Waals surface area contributed by atoms with Crippen LogP contribution in [0.2, 0.25) is 5.02 Å². The molecule has 102 valence electrons. The molecule has 0 saturated heterocycles. The van der Waals surface area contributed by atoms with Crippen molar-refractivity contribution in [2.24, 2.45) is 0 Å². The van der Waals surface area contributed by atoms with Gasteiger partial charge in [-0.3, -0.25) is 10.1 Å². The first-order chi connectivity index (χ1) is 9.19. The van der Waals surface area contributed by atoms with Crippen LogP contribution in [-0.4, -0.2) is 37.8 Å². The van der Waals surface area contributed by atoms with Crippen LogP contribution >= 0.6 is 22.9 Å². The van der Waals surface area contributed by atoms with Crippen LogP contribution in [0.4, 0.5) is 5.13 Å². The highest BCUT2D eigenvalue weighted by Gasteiger charge is 2.08. The molecule has 1 heterocycles. The molecule has 2 aromatic rings. The molecule has 0 aliphatic carbocycles. The highest BCUT2D eigenvalue weighted by Crippen LogP contribution is 2.27. The van der Waals surface area contributed by atoms with Gasteiger partial charge in [0.05, 0.1) is 23.4 Å². The van der Waals surface area contributed by atoms with E-state index in [9.17, 15) is 4.79 Å². The van der Waals surface area contributed by atoms with Crippen molar-refractivity contribution < 1.29 is 14.3 Å². The molecular formula is C12H13ClN2O3S. The zero-order valence-electron chi connectivity index (χ0n) is 10.3. The number of aromatic nitrogens is 1. The highest BCUT2D eigenvalue weighted by molar-refractivity contribution is 7.22. The number of fused-ring (bicyclic) bond motifs is 1. The second kappa shape index (κ2) is 6.81. The van der Waals surface area contributed by atoms with E-state index in [0.717, 1.165) is 10.2 Å². The Morgan fingerprint density at radius 3 is 3.11 bits per heavy atom. The van der Waals surface area contributed by atoms with Crippen LogP contribution in [0.3, 0.4) is 0 Å². The van der Waals surface area contributed by atoms with Crippen LogP contribution in [-0.2, 0) is 14.3 Å². The van der Waals surface area contributed by atoms with E-state index in [-0.39, 0.29) is 12.5 Å². The minimum absolute atomic E-state index is 0.0138. The fourth-order valence-electron chi connectivity index (χ4n) is 1.42. The summed E-state index contributed by atoms with van der Waals surface area (Å²) in [5.74, 6) is -0.235. The predicted molar refractivity (Wildman–Crippen MR) is 76.0 cm³/mol. The number of hydrogen-bond acceptors (Lipinski definition) is 5. The van der Waals surface area contributed by atoms with E-state index in [0.29, 0.717) is 23.4 Å². The fraction of sp³-hybridized carbons (Fsp3) is 0.333. The number of ether oxygens (including phenoxy) is 2. The van der Waals surface area contributed by atoms with Gasteiger partial charge in [-0.15, -0.1) is 0 Å². The number of rotatable bonds is 6. The molecule has 19 heavy (non-hydrogen) atoms. The number of carbonyl (C=O) groups is 1. The zero-order valence-corrected chi connectivity index (χ0v) is 11.9. The number of halogens is 1. The quantitative estimate of drug-likeness (QED) is 0.833. The molecule has 0 aliphatic rings. The maximum atomic E-state index is 11.6. The molecule has 0 fully saturated rings. The molecule has 0 spiro atoms. The van der Waals surface area contributed by atoms with Crippen LogP contribution in [0.25, 0.3) is 10.2 Å². The number of nitrogens with one attached hydrogen (secondary N) is 1. The molecule has 1 aromatic carbocycles. The molecule has 2 rings (SSSR count). The summed E-state index contributed by atoms with van der Waals surface area (Å²) in [4.78, 5) is 15.9. The smallest absolute Gasteiger partial charge is 0.252 e. The summed E-state index contributed by atoms with van der Waals surface area (Å²) >= 11 is 7.27. The zero-order chi connectivity index (χ0) is 13.7. The van der Waals surface area contributed by atoms with Crippen molar-refractivity contribution >= 4 is 44.2 Å². The maximum Gasteiger partial charge on any atom is 0.252 e. The molecule has 1 aromatic heterocycles. The molecule has 0 atom stereocenters. The van der Waals surface area contributed by atoms with Gasteiger partial charge in [0, 0.05) is 12.1 Å². The van der Waals surface area contributed by atoms with Crippen molar-refractivity contribution in [3.05, 3.63) is 23.2 Å². The first kappa shape index (κ1) is 14.2. The lowest BCUT2D eigenvalue weighted by molar-refractivity contribution is -0.121. The van der Waals surface area contributed by atoms with Crippen LogP contribution in [0.15, 0.2) is 18.2 Å². The third-order valence-corrected chi connectivity index (χ3v) is 3.45. The standard InChI is InChI=1S/C12H13ClN2O3S/c1-17-4-5-18-7-11(16)15-12-14-9-6-8(13)2-3-10(9)19-12/h2-3,6H,4-5,7H2,1H3,(H,14,15,16). The Labute approximate surface area is 119 Å². The number of methoxy groups -OCH3 is 1. The Hall–Kier alpha value is -1.21. The van der Waals surface area contributed by atoms with Gasteiger partial charge in [-0.1, -0.05) is 22.9 Å². The van der Waals surface area contributed by atoms with Crippen molar-refractivity contribution in [2.45, 2.75) is 0 Å². The van der Waals surface area contributed by atoms with Crippen molar-refractivity contribution in [1.82, 2.24) is 4.98 Å². The normalized spacial score (nSPS) is 10.8. The minimum atomic E-state index is -0.235. The van der Waals surface area contributed by atoms with Crippen molar-refractivity contribution in [3.63, 3.8) is 0 Å². The van der Waals surface area contributed by atoms with Gasteiger partial charge < -0.3 is 9.47 Å². The van der Waals surface area contributed by atoms with E-state index in [2.05, 4.69) is 10.3 Å². The van der Waals surface area contributed by atoms with Crippen LogP contribution < -0.4 is 5.32 Å². The van der Waals surface area contributed by atoms with E-state index in [1.807, 2.05) is 6.07 Å². The lowest BCUT2D eigenvalue weighted by Crippen LogP contribution is -2.19. The molecule has 7 heteroatoms. The Kier molecular flexibility index (Phi) is 5.09. The van der Waals surface area contributed by atoms with E-state index in [1.54, 1.807) is 19.2 Å². The number of benzene rings is 1. The first-order valence-corrected chi connectivity index (χ1v) is 6.81. The Morgan fingerprint density at radius 2 is 2.32 bits per heavy atom. The van der Waals surface area contributed by atoms with Crippen LogP contribution in [0, 0.1) is 0 Å². The second-order valence-corrected chi connectivity index (χ2v) is 5.19. The summed E-state index contributed by atoms with van der Waals surface area (Å²) in [5, 5.41) is 3.85. The third-order valence-electron chi connectivity index (χ3n) is 2.26. The van der Waals surface area contributed by atoms with E-state index in [4.69, 9.17) is 21.1 Å². The van der Waals surface area contributed by atoms with Gasteiger partial charge >= 0.3 is 0 Å². The summed E-state index contributed by atoms with van der Waals surface area (Å²) in [6.07, 6.45) is 0. The number of carbonyl (C=O) groups excluding carboxylic acids is 1. The van der Waals surface area contributed by atoms with Crippen molar-refractivity contribution in [2.75, 3.05) is 32.2 Å². The Balaban J connectivity index is 1.91. The average molecular weight is 301 g/mol. The number of thiazole rings is 1. The molecule has 1 amide bonds. The highest BCUT2D eigenvalue weighted by atomic mass is 35.5. The van der Waals surface area contributed by atoms with Gasteiger partial charge in [-0.2, -0.15) is 0 Å². The topological polar surface area (TPSA) is 60.5 Å². The lowest BCUT2D eigenvalue weighted by atomic mass is 10.3. The fourth-order valence-corrected chi connectivity index (χ4v) is 2.45. The molecular weight excluding hydrogens is 288 g/mol. The number of amides is 1. The molecule has 1 N–H and O–H groups in total. The maximum absolute atomic E-state index is 11.6. The molecule has 0 radical (unpaired) electrons. The van der Waals surface area contributed by atoms with Crippen LogP contribution in [0.5, 0.6) is 0 Å². The number of hydrogen-bond donors (Lipinski definition) is 1. The second-order valence-electron chi connectivity index (χ2n) is 3.72. The summed E-state index contributed by atoms with van der Waals surface area (Å²) in [7, 11) is 1.58. The molecule has 0 unspecified atom stereocenters. The molecule has 0 bridgehead atoms. The lowest BCUT2D eigenvalue weighted by Gasteiger charge is -2.02. The largest absolute Gasteiger partial charge is 0.382 e. The monoisotopic (exact) mass is 300 g/mol. The third kappa shape index (κ3) is 4.14. The molecule has 0 aliphatic heterocycles. The minimum Gasteiger partial charge on any atom is -0.382 e. The average Bonchev–Trinajstić information content (AvgIpc) is 2.76. The Morgan fingerprint density at radius 1 is 1.47 bits per heavy atom. The summed E-state index contributed by atoms with van der Waals surface area (Å²) < 4.78 is 10.9. The summed E-state index contributed by atoms with van der Waals surface area (Å²) in [6.45, 7) is 0.840. The van der Waals surface area contributed by atoms with Gasteiger partial charge in [-0.25, -0.2) is 4.98 Å². The Bertz CT molecular complexity index is 573. The van der Waals surface area contributed by atoms with Crippen molar-refractivity contribution in [1.29, 1.82) is 0 Å². The number of nitrogens with zero attached hydrogens (tertiary/aromatic N) is 1. The van der Waals surface area contributed by atoms with Gasteiger partial charge in [0.2, 0.25) is 0 Å². The first-order valence-electron chi connectivity index (χ1n) is 5.61. The van der Waals surface area contributed by atoms with E-state index in [1.165, 1.54) is 11.3 Å². The van der Waals surface area contributed by atoms with E-state index < -0.39 is 0 Å². The molecule has 0 saturated carbocycles. The van der Waals surface area contributed by atoms with Crippen molar-refractivity contribution in [3.8, 4) is 0 Å². The summed E-state index contributed by atoms with van der Waals surface area (Å²) in [6, 6.07) is 5.43. The molecule has 5 nitrogen and oxygen atoms in total. The van der Waals surface area contributed by atoms with Gasteiger partial charge in [0.1, 0.15) is 6.61 Å².